The van der Waals surface area contributed by atoms with Crippen LogP contribution in [0.25, 0.3) is 0 Å². The molecule has 96 valence electrons. The van der Waals surface area contributed by atoms with Crippen molar-refractivity contribution in [1.82, 2.24) is 5.43 Å². The van der Waals surface area contributed by atoms with Crippen LogP contribution >= 0.6 is 38.9 Å². The summed E-state index contributed by atoms with van der Waals surface area (Å²) in [5.41, 5.74) is 5.26. The topological polar surface area (TPSA) is 38.0 Å². The molecule has 18 heavy (non-hydrogen) atoms. The minimum Gasteiger partial charge on any atom is -0.271 e. The molecule has 0 aliphatic carbocycles. The second-order valence-corrected chi connectivity index (χ2v) is 6.91. The van der Waals surface area contributed by atoms with Crippen molar-refractivity contribution < 1.29 is 0 Å². The molecule has 3 N–H and O–H groups in total. The van der Waals surface area contributed by atoms with Crippen molar-refractivity contribution in [2.45, 2.75) is 19.4 Å². The summed E-state index contributed by atoms with van der Waals surface area (Å²) in [6.45, 7) is 2.07. The van der Waals surface area contributed by atoms with E-state index in [9.17, 15) is 0 Å². The Morgan fingerprint density at radius 1 is 1.39 bits per heavy atom. The van der Waals surface area contributed by atoms with Gasteiger partial charge in [0.25, 0.3) is 0 Å². The zero-order valence-electron chi connectivity index (χ0n) is 9.91. The normalized spacial score (nSPS) is 12.7. The predicted molar refractivity (Wildman–Crippen MR) is 82.0 cm³/mol. The van der Waals surface area contributed by atoms with Crippen LogP contribution < -0.4 is 11.3 Å². The van der Waals surface area contributed by atoms with E-state index in [0.29, 0.717) is 0 Å². The van der Waals surface area contributed by atoms with E-state index in [1.165, 1.54) is 16.0 Å². The van der Waals surface area contributed by atoms with Crippen molar-refractivity contribution >= 4 is 38.9 Å². The van der Waals surface area contributed by atoms with Gasteiger partial charge in [-0.2, -0.15) is 0 Å². The van der Waals surface area contributed by atoms with Gasteiger partial charge < -0.3 is 0 Å². The standard InChI is InChI=1S/C13H14BrClN2S/c1-8-4-9(6-10(14)5-8)12(17-16)7-11-2-3-13(15)18-11/h2-6,12,17H,7,16H2,1H3. The molecule has 5 heteroatoms. The molecule has 1 heterocycles. The van der Waals surface area contributed by atoms with Crippen molar-refractivity contribution in [3.63, 3.8) is 0 Å². The molecule has 1 unspecified atom stereocenters. The Balaban J connectivity index is 2.22. The summed E-state index contributed by atoms with van der Waals surface area (Å²) in [6, 6.07) is 10.4. The lowest BCUT2D eigenvalue weighted by atomic mass is 10.0. The molecular formula is C13H14BrClN2S. The molecule has 0 spiro atoms. The maximum Gasteiger partial charge on any atom is 0.0931 e. The fourth-order valence-electron chi connectivity index (χ4n) is 1.90. The van der Waals surface area contributed by atoms with Gasteiger partial charge in [0, 0.05) is 15.8 Å². The molecule has 1 aromatic heterocycles. The summed E-state index contributed by atoms with van der Waals surface area (Å²) in [5, 5.41) is 0. The number of aryl methyl sites for hydroxylation is 1. The van der Waals surface area contributed by atoms with Gasteiger partial charge in [-0.05, 0) is 42.3 Å². The summed E-state index contributed by atoms with van der Waals surface area (Å²) >= 11 is 11.0. The number of rotatable bonds is 4. The molecule has 2 nitrogen and oxygen atoms in total. The molecule has 1 atom stereocenters. The summed E-state index contributed by atoms with van der Waals surface area (Å²) in [7, 11) is 0. The first-order valence-corrected chi connectivity index (χ1v) is 7.54. The molecule has 0 aliphatic heterocycles. The van der Waals surface area contributed by atoms with E-state index in [-0.39, 0.29) is 6.04 Å². The number of hydrogen-bond acceptors (Lipinski definition) is 3. The summed E-state index contributed by atoms with van der Waals surface area (Å²) in [4.78, 5) is 1.22. The molecular weight excluding hydrogens is 332 g/mol. The Bertz CT molecular complexity index is 521. The Kier molecular flexibility index (Phi) is 4.81. The molecule has 0 saturated carbocycles. The Labute approximate surface area is 124 Å². The van der Waals surface area contributed by atoms with Crippen LogP contribution in [0.4, 0.5) is 0 Å². The highest BCUT2D eigenvalue weighted by Gasteiger charge is 2.13. The molecule has 2 rings (SSSR count). The third kappa shape index (κ3) is 3.56. The molecule has 0 saturated heterocycles. The van der Waals surface area contributed by atoms with Gasteiger partial charge in [0.05, 0.1) is 10.4 Å². The number of hydrazine groups is 1. The Morgan fingerprint density at radius 2 is 2.17 bits per heavy atom. The smallest absolute Gasteiger partial charge is 0.0931 e. The van der Waals surface area contributed by atoms with Gasteiger partial charge in [-0.15, -0.1) is 11.3 Å². The Hall–Kier alpha value is -0.390. The number of nitrogens with one attached hydrogen (secondary N) is 1. The number of hydrogen-bond donors (Lipinski definition) is 2. The average molecular weight is 346 g/mol. The highest BCUT2D eigenvalue weighted by atomic mass is 79.9. The van der Waals surface area contributed by atoms with Gasteiger partial charge in [-0.1, -0.05) is 33.6 Å². The third-order valence-corrected chi connectivity index (χ3v) is 4.41. The highest BCUT2D eigenvalue weighted by Crippen LogP contribution is 2.28. The molecule has 0 fully saturated rings. The first-order valence-electron chi connectivity index (χ1n) is 5.56. The predicted octanol–water partition coefficient (Wildman–Crippen LogP) is 4.22. The summed E-state index contributed by atoms with van der Waals surface area (Å²) in [5.74, 6) is 5.67. The molecule has 1 aromatic carbocycles. The molecule has 2 aromatic rings. The van der Waals surface area contributed by atoms with E-state index in [4.69, 9.17) is 17.4 Å². The quantitative estimate of drug-likeness (QED) is 0.643. The molecule has 0 bridgehead atoms. The number of thiophene rings is 1. The van der Waals surface area contributed by atoms with Crippen LogP contribution in [0, 0.1) is 6.92 Å². The second-order valence-electron chi connectivity index (χ2n) is 4.19. The van der Waals surface area contributed by atoms with Crippen LogP contribution in [0.5, 0.6) is 0 Å². The van der Waals surface area contributed by atoms with Crippen molar-refractivity contribution in [2.24, 2.45) is 5.84 Å². The van der Waals surface area contributed by atoms with Gasteiger partial charge in [0.15, 0.2) is 0 Å². The SMILES string of the molecule is Cc1cc(Br)cc(C(Cc2ccc(Cl)s2)NN)c1. The van der Waals surface area contributed by atoms with Gasteiger partial charge >= 0.3 is 0 Å². The van der Waals surface area contributed by atoms with Crippen LogP contribution in [-0.4, -0.2) is 0 Å². The zero-order chi connectivity index (χ0) is 13.1. The Morgan fingerprint density at radius 3 is 2.72 bits per heavy atom. The minimum absolute atomic E-state index is 0.0934. The lowest BCUT2D eigenvalue weighted by molar-refractivity contribution is 0.555. The average Bonchev–Trinajstić information content (AvgIpc) is 2.70. The second kappa shape index (κ2) is 6.17. The van der Waals surface area contributed by atoms with Gasteiger partial charge in [0.1, 0.15) is 0 Å². The van der Waals surface area contributed by atoms with Crippen LogP contribution in [0.1, 0.15) is 22.0 Å². The highest BCUT2D eigenvalue weighted by molar-refractivity contribution is 9.10. The van der Waals surface area contributed by atoms with Gasteiger partial charge in [-0.3, -0.25) is 11.3 Å². The van der Waals surface area contributed by atoms with Gasteiger partial charge in [0.2, 0.25) is 0 Å². The van der Waals surface area contributed by atoms with Crippen LogP contribution in [0.3, 0.4) is 0 Å². The largest absolute Gasteiger partial charge is 0.271 e. The zero-order valence-corrected chi connectivity index (χ0v) is 13.1. The summed E-state index contributed by atoms with van der Waals surface area (Å²) in [6.07, 6.45) is 0.837. The fourth-order valence-corrected chi connectivity index (χ4v) is 3.66. The fraction of sp³-hybridized carbons (Fsp3) is 0.231. The minimum atomic E-state index is 0.0934. The number of halogens is 2. The van der Waals surface area contributed by atoms with E-state index in [1.807, 2.05) is 12.1 Å². The van der Waals surface area contributed by atoms with E-state index in [0.717, 1.165) is 15.2 Å². The van der Waals surface area contributed by atoms with Crippen molar-refractivity contribution in [3.05, 3.63) is 55.1 Å². The van der Waals surface area contributed by atoms with E-state index >= 15 is 0 Å². The van der Waals surface area contributed by atoms with Crippen molar-refractivity contribution in [2.75, 3.05) is 0 Å². The van der Waals surface area contributed by atoms with E-state index in [2.05, 4.69) is 46.5 Å². The summed E-state index contributed by atoms with van der Waals surface area (Å²) < 4.78 is 1.88. The molecule has 0 radical (unpaired) electrons. The first-order chi connectivity index (χ1) is 8.58. The third-order valence-electron chi connectivity index (χ3n) is 2.70. The lowest BCUT2D eigenvalue weighted by Gasteiger charge is -2.16. The first kappa shape index (κ1) is 14.0. The maximum atomic E-state index is 5.94. The van der Waals surface area contributed by atoms with Crippen LogP contribution in [0.15, 0.2) is 34.8 Å². The van der Waals surface area contributed by atoms with Gasteiger partial charge in [-0.25, -0.2) is 0 Å². The van der Waals surface area contributed by atoms with Crippen molar-refractivity contribution in [1.29, 1.82) is 0 Å². The van der Waals surface area contributed by atoms with Crippen LogP contribution in [-0.2, 0) is 6.42 Å². The number of nitrogens with two attached hydrogens (primary N) is 1. The van der Waals surface area contributed by atoms with E-state index < -0.39 is 0 Å². The molecule has 0 aliphatic rings. The van der Waals surface area contributed by atoms with Crippen molar-refractivity contribution in [3.8, 4) is 0 Å². The van der Waals surface area contributed by atoms with Crippen LogP contribution in [0.2, 0.25) is 4.34 Å². The van der Waals surface area contributed by atoms with E-state index in [1.54, 1.807) is 11.3 Å². The monoisotopic (exact) mass is 344 g/mol. The maximum absolute atomic E-state index is 5.94. The molecule has 0 amide bonds. The number of benzene rings is 1. The lowest BCUT2D eigenvalue weighted by Crippen LogP contribution is -2.29.